The monoisotopic (exact) mass is 334 g/mol. The summed E-state index contributed by atoms with van der Waals surface area (Å²) in [5, 5.41) is 10.7. The number of anilines is 1. The molecule has 22 heavy (non-hydrogen) atoms. The summed E-state index contributed by atoms with van der Waals surface area (Å²) in [4.78, 5) is 16.1. The maximum absolute atomic E-state index is 11.9. The van der Waals surface area contributed by atoms with Crippen molar-refractivity contribution in [3.05, 3.63) is 47.7 Å². The van der Waals surface area contributed by atoms with Gasteiger partial charge in [-0.3, -0.25) is 9.89 Å². The van der Waals surface area contributed by atoms with Gasteiger partial charge >= 0.3 is 0 Å². The minimum atomic E-state index is -0.142. The molecule has 0 aliphatic carbocycles. The highest BCUT2D eigenvalue weighted by Crippen LogP contribution is 2.20. The van der Waals surface area contributed by atoms with Crippen LogP contribution in [0, 0.1) is 0 Å². The van der Waals surface area contributed by atoms with Crippen LogP contribution in [0.25, 0.3) is 11.6 Å². The summed E-state index contributed by atoms with van der Waals surface area (Å²) in [6.45, 7) is 0. The summed E-state index contributed by atoms with van der Waals surface area (Å²) in [6, 6.07) is 10.5. The second-order valence-corrected chi connectivity index (χ2v) is 5.67. The van der Waals surface area contributed by atoms with Crippen LogP contribution in [0.3, 0.4) is 0 Å². The van der Waals surface area contributed by atoms with Crippen molar-refractivity contribution in [1.82, 2.24) is 15.2 Å². The fourth-order valence-electron chi connectivity index (χ4n) is 1.69. The summed E-state index contributed by atoms with van der Waals surface area (Å²) >= 11 is 7.03. The van der Waals surface area contributed by atoms with Crippen molar-refractivity contribution in [2.45, 2.75) is 5.16 Å². The quantitative estimate of drug-likeness (QED) is 0.698. The van der Waals surface area contributed by atoms with E-state index >= 15 is 0 Å². The Bertz CT molecular complexity index is 756. The summed E-state index contributed by atoms with van der Waals surface area (Å²) in [5.41, 5.74) is 0.696. The van der Waals surface area contributed by atoms with Gasteiger partial charge in [-0.25, -0.2) is 0 Å². The number of amides is 1. The molecule has 0 fully saturated rings. The molecule has 112 valence electrons. The van der Waals surface area contributed by atoms with E-state index in [9.17, 15) is 4.79 Å². The number of rotatable bonds is 5. The number of hydrogen-bond donors (Lipinski definition) is 2. The number of aromatic amines is 1. The second-order valence-electron chi connectivity index (χ2n) is 4.29. The second kappa shape index (κ2) is 6.67. The van der Waals surface area contributed by atoms with Crippen molar-refractivity contribution in [3.8, 4) is 11.6 Å². The van der Waals surface area contributed by atoms with Gasteiger partial charge in [0.15, 0.2) is 11.6 Å². The van der Waals surface area contributed by atoms with E-state index in [1.807, 2.05) is 0 Å². The van der Waals surface area contributed by atoms with Crippen LogP contribution in [0.5, 0.6) is 0 Å². The first-order valence-electron chi connectivity index (χ1n) is 6.35. The lowest BCUT2D eigenvalue weighted by Crippen LogP contribution is -2.13. The Morgan fingerprint density at radius 2 is 2.14 bits per heavy atom. The number of nitrogens with one attached hydrogen (secondary N) is 2. The van der Waals surface area contributed by atoms with E-state index in [4.69, 9.17) is 16.0 Å². The molecule has 2 heterocycles. The largest absolute Gasteiger partial charge is 0.461 e. The van der Waals surface area contributed by atoms with Crippen LogP contribution in [0.4, 0.5) is 5.69 Å². The Labute approximate surface area is 135 Å². The molecule has 0 spiro atoms. The van der Waals surface area contributed by atoms with E-state index in [1.54, 1.807) is 42.7 Å². The molecule has 0 unspecified atom stereocenters. The van der Waals surface area contributed by atoms with Gasteiger partial charge in [-0.2, -0.15) is 4.98 Å². The molecule has 2 aromatic heterocycles. The summed E-state index contributed by atoms with van der Waals surface area (Å²) in [6.07, 6.45) is 1.56. The minimum Gasteiger partial charge on any atom is -0.461 e. The van der Waals surface area contributed by atoms with Crippen LogP contribution in [-0.2, 0) is 4.79 Å². The van der Waals surface area contributed by atoms with E-state index in [0.717, 1.165) is 0 Å². The first kappa shape index (κ1) is 14.7. The first-order valence-corrected chi connectivity index (χ1v) is 7.71. The van der Waals surface area contributed by atoms with Gasteiger partial charge in [0.25, 0.3) is 0 Å². The molecule has 0 bridgehead atoms. The summed E-state index contributed by atoms with van der Waals surface area (Å²) in [5.74, 6) is 1.20. The van der Waals surface area contributed by atoms with Gasteiger partial charge in [0.1, 0.15) is 0 Å². The van der Waals surface area contributed by atoms with E-state index < -0.39 is 0 Å². The van der Waals surface area contributed by atoms with Crippen molar-refractivity contribution >= 4 is 35.0 Å². The van der Waals surface area contributed by atoms with E-state index in [2.05, 4.69) is 20.5 Å². The average molecular weight is 335 g/mol. The molecule has 1 aromatic carbocycles. The number of furan rings is 1. The zero-order valence-corrected chi connectivity index (χ0v) is 12.8. The maximum atomic E-state index is 11.9. The van der Waals surface area contributed by atoms with Crippen molar-refractivity contribution in [1.29, 1.82) is 0 Å². The Morgan fingerprint density at radius 3 is 2.86 bits per heavy atom. The van der Waals surface area contributed by atoms with Crippen molar-refractivity contribution < 1.29 is 9.21 Å². The molecule has 0 atom stereocenters. The molecule has 8 heteroatoms. The predicted molar refractivity (Wildman–Crippen MR) is 84.9 cm³/mol. The Balaban J connectivity index is 1.54. The molecular formula is C14H11ClN4O2S. The van der Waals surface area contributed by atoms with Crippen molar-refractivity contribution in [2.24, 2.45) is 0 Å². The molecule has 0 saturated heterocycles. The van der Waals surface area contributed by atoms with Crippen LogP contribution in [-0.4, -0.2) is 26.8 Å². The lowest BCUT2D eigenvalue weighted by molar-refractivity contribution is -0.113. The fraction of sp³-hybridized carbons (Fsp3) is 0.0714. The maximum Gasteiger partial charge on any atom is 0.234 e. The van der Waals surface area contributed by atoms with Gasteiger partial charge in [0.05, 0.1) is 12.0 Å². The molecule has 0 aliphatic rings. The van der Waals surface area contributed by atoms with Crippen LogP contribution < -0.4 is 5.32 Å². The number of nitrogens with zero attached hydrogens (tertiary/aromatic N) is 2. The van der Waals surface area contributed by atoms with Crippen molar-refractivity contribution in [3.63, 3.8) is 0 Å². The molecule has 3 rings (SSSR count). The van der Waals surface area contributed by atoms with Gasteiger partial charge < -0.3 is 9.73 Å². The molecule has 0 radical (unpaired) electrons. The van der Waals surface area contributed by atoms with Gasteiger partial charge in [-0.05, 0) is 36.4 Å². The topological polar surface area (TPSA) is 83.8 Å². The third-order valence-corrected chi connectivity index (χ3v) is 3.78. The summed E-state index contributed by atoms with van der Waals surface area (Å²) < 4.78 is 5.21. The highest BCUT2D eigenvalue weighted by molar-refractivity contribution is 7.99. The third-order valence-electron chi connectivity index (χ3n) is 2.68. The average Bonchev–Trinajstić information content (AvgIpc) is 3.18. The van der Waals surface area contributed by atoms with Crippen LogP contribution in [0.15, 0.2) is 52.2 Å². The lowest BCUT2D eigenvalue weighted by atomic mass is 10.3. The van der Waals surface area contributed by atoms with Crippen LogP contribution in [0.2, 0.25) is 5.02 Å². The predicted octanol–water partition coefficient (Wildman–Crippen LogP) is 3.45. The van der Waals surface area contributed by atoms with E-state index in [0.29, 0.717) is 27.5 Å². The molecular weight excluding hydrogens is 324 g/mol. The molecule has 0 aliphatic heterocycles. The highest BCUT2D eigenvalue weighted by atomic mass is 35.5. The highest BCUT2D eigenvalue weighted by Gasteiger charge is 2.10. The molecule has 6 nitrogen and oxygen atoms in total. The van der Waals surface area contributed by atoms with Gasteiger partial charge in [0.2, 0.25) is 11.1 Å². The molecule has 3 aromatic rings. The fourth-order valence-corrected chi connectivity index (χ4v) is 2.42. The number of hydrogen-bond acceptors (Lipinski definition) is 5. The third kappa shape index (κ3) is 3.69. The van der Waals surface area contributed by atoms with Gasteiger partial charge in [0, 0.05) is 10.7 Å². The first-order chi connectivity index (χ1) is 10.7. The molecule has 2 N–H and O–H groups in total. The van der Waals surface area contributed by atoms with E-state index in [1.165, 1.54) is 11.8 Å². The zero-order valence-electron chi connectivity index (χ0n) is 11.2. The number of thioether (sulfide) groups is 1. The zero-order chi connectivity index (χ0) is 15.4. The number of aromatic nitrogens is 3. The molecule has 0 saturated carbocycles. The van der Waals surface area contributed by atoms with Gasteiger partial charge in [-0.1, -0.05) is 23.4 Å². The Hall–Kier alpha value is -2.25. The molecule has 1 amide bonds. The number of carbonyl (C=O) groups is 1. The van der Waals surface area contributed by atoms with Gasteiger partial charge in [-0.15, -0.1) is 5.10 Å². The van der Waals surface area contributed by atoms with Crippen molar-refractivity contribution in [2.75, 3.05) is 11.1 Å². The number of H-pyrrole nitrogens is 1. The minimum absolute atomic E-state index is 0.142. The van der Waals surface area contributed by atoms with Crippen LogP contribution in [0.1, 0.15) is 0 Å². The number of halogens is 1. The normalized spacial score (nSPS) is 10.6. The number of carbonyl (C=O) groups excluding carboxylic acids is 1. The SMILES string of the molecule is O=C(CSc1n[nH]c(-c2ccco2)n1)Nc1ccc(Cl)cc1. The smallest absolute Gasteiger partial charge is 0.234 e. The lowest BCUT2D eigenvalue weighted by Gasteiger charge is -2.03. The standard InChI is InChI=1S/C14H11ClN4O2S/c15-9-3-5-10(6-4-9)16-12(20)8-22-14-17-13(18-19-14)11-2-1-7-21-11/h1-7H,8H2,(H,16,20)(H,17,18,19). The van der Waals surface area contributed by atoms with E-state index in [-0.39, 0.29) is 11.7 Å². The summed E-state index contributed by atoms with van der Waals surface area (Å²) in [7, 11) is 0. The number of benzene rings is 1. The Morgan fingerprint density at radius 1 is 1.32 bits per heavy atom. The Kier molecular flexibility index (Phi) is 4.45. The van der Waals surface area contributed by atoms with Crippen LogP contribution >= 0.6 is 23.4 Å².